The molecule has 2 heterocycles. The first kappa shape index (κ1) is 16.2. The molecule has 3 aromatic rings. The van der Waals surface area contributed by atoms with Gasteiger partial charge in [-0.1, -0.05) is 26.8 Å². The van der Waals surface area contributed by atoms with Crippen LogP contribution < -0.4 is 5.56 Å². The molecule has 0 bridgehead atoms. The number of aromatic hydroxyl groups is 1. The van der Waals surface area contributed by atoms with Gasteiger partial charge in [0, 0.05) is 12.6 Å². The van der Waals surface area contributed by atoms with Crippen LogP contribution in [0.1, 0.15) is 37.7 Å². The summed E-state index contributed by atoms with van der Waals surface area (Å²) in [6, 6.07) is 3.64. The zero-order valence-corrected chi connectivity index (χ0v) is 14.6. The quantitative estimate of drug-likeness (QED) is 0.758. The van der Waals surface area contributed by atoms with Crippen molar-refractivity contribution in [2.75, 3.05) is 0 Å². The highest BCUT2D eigenvalue weighted by atomic mass is 16.3. The minimum absolute atomic E-state index is 0.0119. The van der Waals surface area contributed by atoms with Crippen molar-refractivity contribution in [1.82, 2.24) is 19.7 Å². The SMILES string of the molecule is Cc1cc(C)c(-n2cc3c(=O)[nH]c(CC(C)(C)C)nc3n2)c(O)c1. The first-order chi connectivity index (χ1) is 11.1. The molecule has 24 heavy (non-hydrogen) atoms. The van der Waals surface area contributed by atoms with Crippen LogP contribution in [0, 0.1) is 19.3 Å². The summed E-state index contributed by atoms with van der Waals surface area (Å²) in [5, 5.41) is 15.1. The Labute approximate surface area is 140 Å². The lowest BCUT2D eigenvalue weighted by Gasteiger charge is -2.16. The first-order valence-electron chi connectivity index (χ1n) is 7.93. The number of hydrogen-bond donors (Lipinski definition) is 2. The van der Waals surface area contributed by atoms with E-state index in [9.17, 15) is 9.90 Å². The fraction of sp³-hybridized carbons (Fsp3) is 0.389. The molecule has 0 aliphatic heterocycles. The number of aromatic amines is 1. The zero-order valence-electron chi connectivity index (χ0n) is 14.6. The Morgan fingerprint density at radius 2 is 1.96 bits per heavy atom. The Kier molecular flexibility index (Phi) is 3.70. The van der Waals surface area contributed by atoms with Gasteiger partial charge >= 0.3 is 0 Å². The highest BCUT2D eigenvalue weighted by molar-refractivity contribution is 5.74. The van der Waals surface area contributed by atoms with Gasteiger partial charge < -0.3 is 10.1 Å². The molecule has 3 rings (SSSR count). The van der Waals surface area contributed by atoms with Gasteiger partial charge in [0.2, 0.25) is 0 Å². The van der Waals surface area contributed by atoms with E-state index in [-0.39, 0.29) is 16.7 Å². The van der Waals surface area contributed by atoms with Gasteiger partial charge in [-0.25, -0.2) is 9.67 Å². The number of benzene rings is 1. The molecule has 0 saturated carbocycles. The van der Waals surface area contributed by atoms with Crippen LogP contribution in [0.4, 0.5) is 0 Å². The normalized spacial score (nSPS) is 12.0. The van der Waals surface area contributed by atoms with Crippen LogP contribution in [0.3, 0.4) is 0 Å². The summed E-state index contributed by atoms with van der Waals surface area (Å²) >= 11 is 0. The van der Waals surface area contributed by atoms with Gasteiger partial charge in [0.25, 0.3) is 5.56 Å². The molecule has 0 atom stereocenters. The predicted octanol–water partition coefficient (Wildman–Crippen LogP) is 3.02. The summed E-state index contributed by atoms with van der Waals surface area (Å²) in [6.45, 7) is 10.1. The van der Waals surface area contributed by atoms with E-state index in [0.29, 0.717) is 29.0 Å². The van der Waals surface area contributed by atoms with Gasteiger partial charge in [0.1, 0.15) is 22.6 Å². The number of hydrogen-bond acceptors (Lipinski definition) is 4. The maximum Gasteiger partial charge on any atom is 0.262 e. The Morgan fingerprint density at radius 3 is 2.58 bits per heavy atom. The van der Waals surface area contributed by atoms with Crippen molar-refractivity contribution in [2.45, 2.75) is 41.0 Å². The standard InChI is InChI=1S/C18H22N4O2/c1-10-6-11(2)15(13(23)7-10)22-9-12-16(21-22)19-14(20-17(12)24)8-18(3,4)5/h6-7,9,23H,8H2,1-5H3,(H,19,20,21,24). The molecule has 6 heteroatoms. The number of H-pyrrole nitrogens is 1. The lowest BCUT2D eigenvalue weighted by Crippen LogP contribution is -2.17. The molecule has 0 amide bonds. The molecule has 6 nitrogen and oxygen atoms in total. The lowest BCUT2D eigenvalue weighted by atomic mass is 9.92. The van der Waals surface area contributed by atoms with Crippen LogP contribution in [0.5, 0.6) is 5.75 Å². The number of phenolic OH excluding ortho intramolecular Hbond substituents is 1. The molecule has 2 aromatic heterocycles. The second-order valence-electron chi connectivity index (χ2n) is 7.51. The third-order valence-corrected chi connectivity index (χ3v) is 3.79. The van der Waals surface area contributed by atoms with E-state index in [0.717, 1.165) is 11.1 Å². The van der Waals surface area contributed by atoms with E-state index in [4.69, 9.17) is 0 Å². The van der Waals surface area contributed by atoms with Crippen molar-refractivity contribution in [3.05, 3.63) is 45.6 Å². The van der Waals surface area contributed by atoms with Gasteiger partial charge in [-0.3, -0.25) is 4.79 Å². The van der Waals surface area contributed by atoms with E-state index >= 15 is 0 Å². The molecule has 0 spiro atoms. The van der Waals surface area contributed by atoms with Crippen molar-refractivity contribution in [3.63, 3.8) is 0 Å². The summed E-state index contributed by atoms with van der Waals surface area (Å²) < 4.78 is 1.53. The van der Waals surface area contributed by atoms with Gasteiger partial charge in [0.05, 0.1) is 0 Å². The predicted molar refractivity (Wildman–Crippen MR) is 93.8 cm³/mol. The fourth-order valence-electron chi connectivity index (χ4n) is 2.90. The molecule has 0 aliphatic carbocycles. The van der Waals surface area contributed by atoms with E-state index in [1.807, 2.05) is 19.9 Å². The van der Waals surface area contributed by atoms with Crippen molar-refractivity contribution >= 4 is 11.0 Å². The molecule has 0 aliphatic rings. The average molecular weight is 326 g/mol. The Hall–Kier alpha value is -2.63. The molecule has 0 saturated heterocycles. The molecular weight excluding hydrogens is 304 g/mol. The minimum Gasteiger partial charge on any atom is -0.506 e. The largest absolute Gasteiger partial charge is 0.506 e. The van der Waals surface area contributed by atoms with Crippen LogP contribution in [0.25, 0.3) is 16.7 Å². The van der Waals surface area contributed by atoms with Crippen molar-refractivity contribution in [2.24, 2.45) is 5.41 Å². The van der Waals surface area contributed by atoms with Crippen molar-refractivity contribution < 1.29 is 5.11 Å². The highest BCUT2D eigenvalue weighted by Crippen LogP contribution is 2.27. The van der Waals surface area contributed by atoms with Crippen LogP contribution in [-0.2, 0) is 6.42 Å². The number of phenols is 1. The van der Waals surface area contributed by atoms with Crippen LogP contribution in [0.15, 0.2) is 23.1 Å². The van der Waals surface area contributed by atoms with Gasteiger partial charge in [-0.15, -0.1) is 5.10 Å². The summed E-state index contributed by atoms with van der Waals surface area (Å²) in [6.07, 6.45) is 2.26. The number of aryl methyl sites for hydroxylation is 2. The number of nitrogens with zero attached hydrogens (tertiary/aromatic N) is 3. The molecule has 0 fully saturated rings. The van der Waals surface area contributed by atoms with Crippen LogP contribution in [-0.4, -0.2) is 24.9 Å². The number of aromatic nitrogens is 4. The van der Waals surface area contributed by atoms with Gasteiger partial charge in [-0.05, 0) is 36.5 Å². The third-order valence-electron chi connectivity index (χ3n) is 3.79. The van der Waals surface area contributed by atoms with Crippen LogP contribution >= 0.6 is 0 Å². The maximum absolute atomic E-state index is 12.3. The monoisotopic (exact) mass is 326 g/mol. The Morgan fingerprint density at radius 1 is 1.25 bits per heavy atom. The van der Waals surface area contributed by atoms with E-state index in [1.165, 1.54) is 4.68 Å². The summed E-state index contributed by atoms with van der Waals surface area (Å²) in [7, 11) is 0. The van der Waals surface area contributed by atoms with Crippen molar-refractivity contribution in [3.8, 4) is 11.4 Å². The molecule has 0 radical (unpaired) electrons. The van der Waals surface area contributed by atoms with E-state index < -0.39 is 0 Å². The lowest BCUT2D eigenvalue weighted by molar-refractivity contribution is 0.401. The molecule has 2 N–H and O–H groups in total. The third kappa shape index (κ3) is 3.04. The topological polar surface area (TPSA) is 83.8 Å². The number of nitrogens with one attached hydrogen (secondary N) is 1. The summed E-state index contributed by atoms with van der Waals surface area (Å²) in [5.74, 6) is 0.752. The van der Waals surface area contributed by atoms with Crippen LogP contribution in [0.2, 0.25) is 0 Å². The van der Waals surface area contributed by atoms with E-state index in [2.05, 4.69) is 35.8 Å². The minimum atomic E-state index is -0.213. The fourth-order valence-corrected chi connectivity index (χ4v) is 2.90. The smallest absolute Gasteiger partial charge is 0.262 e. The maximum atomic E-state index is 12.3. The molecule has 126 valence electrons. The number of rotatable bonds is 2. The average Bonchev–Trinajstić information content (AvgIpc) is 2.79. The number of fused-ring (bicyclic) bond motifs is 1. The Bertz CT molecular complexity index is 954. The molecule has 0 unspecified atom stereocenters. The highest BCUT2D eigenvalue weighted by Gasteiger charge is 2.17. The first-order valence-corrected chi connectivity index (χ1v) is 7.93. The molecule has 1 aromatic carbocycles. The second-order valence-corrected chi connectivity index (χ2v) is 7.51. The second kappa shape index (κ2) is 5.47. The zero-order chi connectivity index (χ0) is 17.6. The van der Waals surface area contributed by atoms with Crippen molar-refractivity contribution in [1.29, 1.82) is 0 Å². The van der Waals surface area contributed by atoms with Gasteiger partial charge in [0.15, 0.2) is 5.65 Å². The Balaban J connectivity index is 2.16. The van der Waals surface area contributed by atoms with Gasteiger partial charge in [-0.2, -0.15) is 0 Å². The molecular formula is C18H22N4O2. The summed E-state index contributed by atoms with van der Waals surface area (Å²) in [4.78, 5) is 19.6. The van der Waals surface area contributed by atoms with E-state index in [1.54, 1.807) is 12.3 Å². The summed E-state index contributed by atoms with van der Waals surface area (Å²) in [5.41, 5.74) is 2.60.